The third kappa shape index (κ3) is 3.14. The van der Waals surface area contributed by atoms with Gasteiger partial charge in [-0.3, -0.25) is 0 Å². The van der Waals surface area contributed by atoms with Crippen LogP contribution in [0.2, 0.25) is 0 Å². The maximum absolute atomic E-state index is 13.2. The van der Waals surface area contributed by atoms with E-state index in [2.05, 4.69) is 13.2 Å². The summed E-state index contributed by atoms with van der Waals surface area (Å²) in [4.78, 5) is 1.14. The predicted molar refractivity (Wildman–Crippen MR) is 88.1 cm³/mol. The van der Waals surface area contributed by atoms with Crippen molar-refractivity contribution in [3.63, 3.8) is 0 Å². The fraction of sp³-hybridized carbons (Fsp3) is 0.111. The highest BCUT2D eigenvalue weighted by Crippen LogP contribution is 2.28. The minimum Gasteiger partial charge on any atom is -0.245 e. The predicted octanol–water partition coefficient (Wildman–Crippen LogP) is 4.61. The van der Waals surface area contributed by atoms with E-state index < -0.39 is 9.73 Å². The van der Waals surface area contributed by atoms with Crippen LogP contribution < -0.4 is 0 Å². The van der Waals surface area contributed by atoms with Crippen LogP contribution in [0.1, 0.15) is 11.1 Å². The molecule has 0 aromatic heterocycles. The van der Waals surface area contributed by atoms with Crippen LogP contribution in [-0.2, 0) is 22.6 Å². The first-order valence-electron chi connectivity index (χ1n) is 6.77. The molecule has 0 aliphatic heterocycles. The Kier molecular flexibility index (Phi) is 4.76. The fourth-order valence-corrected chi connectivity index (χ4v) is 4.15. The molecule has 1 N–H and O–H groups in total. The van der Waals surface area contributed by atoms with Crippen LogP contribution in [0.5, 0.6) is 0 Å². The Hall–Kier alpha value is -2.13. The lowest BCUT2D eigenvalue weighted by Gasteiger charge is -2.15. The minimum atomic E-state index is -3.04. The topological polar surface area (TPSA) is 40.9 Å². The van der Waals surface area contributed by atoms with E-state index in [0.29, 0.717) is 22.6 Å². The van der Waals surface area contributed by atoms with Gasteiger partial charge in [0.15, 0.2) is 0 Å². The molecule has 0 saturated carbocycles. The molecule has 2 aromatic rings. The van der Waals surface area contributed by atoms with Gasteiger partial charge in [-0.2, -0.15) is 0 Å². The van der Waals surface area contributed by atoms with Crippen LogP contribution >= 0.6 is 0 Å². The van der Waals surface area contributed by atoms with E-state index in [0.717, 1.165) is 11.1 Å². The van der Waals surface area contributed by atoms with E-state index >= 15 is 0 Å². The van der Waals surface area contributed by atoms with Gasteiger partial charge < -0.3 is 0 Å². The number of allylic oxidation sites excluding steroid dienone is 2. The zero-order valence-corrected chi connectivity index (χ0v) is 12.7. The summed E-state index contributed by atoms with van der Waals surface area (Å²) in [6.07, 6.45) is 4.75. The summed E-state index contributed by atoms with van der Waals surface area (Å²) in [6.45, 7) is 7.46. The lowest BCUT2D eigenvalue weighted by atomic mass is 10.1. The molecule has 0 bridgehead atoms. The van der Waals surface area contributed by atoms with Crippen molar-refractivity contribution in [2.75, 3.05) is 0 Å². The molecule has 2 rings (SSSR count). The Bertz CT molecular complexity index is 701. The monoisotopic (exact) mass is 297 g/mol. The van der Waals surface area contributed by atoms with Gasteiger partial charge in [0.25, 0.3) is 0 Å². The van der Waals surface area contributed by atoms with Crippen molar-refractivity contribution in [2.24, 2.45) is 0 Å². The van der Waals surface area contributed by atoms with E-state index in [1.807, 2.05) is 36.4 Å². The first-order valence-corrected chi connectivity index (χ1v) is 8.33. The first kappa shape index (κ1) is 15.3. The number of hydrogen-bond acceptors (Lipinski definition) is 2. The molecule has 3 heteroatoms. The van der Waals surface area contributed by atoms with Gasteiger partial charge in [-0.25, -0.2) is 8.99 Å². The quantitative estimate of drug-likeness (QED) is 0.777. The molecule has 0 aliphatic rings. The molecule has 0 fully saturated rings. The Morgan fingerprint density at radius 3 is 1.62 bits per heavy atom. The zero-order chi connectivity index (χ0) is 15.3. The molecule has 0 aliphatic carbocycles. The summed E-state index contributed by atoms with van der Waals surface area (Å²) in [6, 6.07) is 14.8. The number of rotatable bonds is 6. The van der Waals surface area contributed by atoms with Crippen molar-refractivity contribution < 1.29 is 4.21 Å². The van der Waals surface area contributed by atoms with Crippen molar-refractivity contribution in [2.45, 2.75) is 22.6 Å². The lowest BCUT2D eigenvalue weighted by molar-refractivity contribution is 0.673. The van der Waals surface area contributed by atoms with Gasteiger partial charge in [0.2, 0.25) is 0 Å². The van der Waals surface area contributed by atoms with Gasteiger partial charge in [-0.1, -0.05) is 48.6 Å². The largest absolute Gasteiger partial charge is 0.245 e. The van der Waals surface area contributed by atoms with Gasteiger partial charge in [0.1, 0.15) is 9.73 Å². The molecule has 2 aromatic carbocycles. The summed E-state index contributed by atoms with van der Waals surface area (Å²) in [5.41, 5.74) is 1.78. The summed E-state index contributed by atoms with van der Waals surface area (Å²) in [5, 5.41) is 0. The Morgan fingerprint density at radius 2 is 1.24 bits per heavy atom. The second-order valence-corrected chi connectivity index (χ2v) is 6.75. The molecule has 0 radical (unpaired) electrons. The Balaban J connectivity index is 2.63. The normalized spacial score (nSPS) is 11.0. The molecular weight excluding hydrogens is 278 g/mol. The standard InChI is InChI=1S/C18H19NOS/c1-3-9-15-11-5-7-13-17(15)21(19,20)18-14-8-6-12-16(18)10-4-2/h3-8,11-14,19H,1-2,9-10H2. The van der Waals surface area contributed by atoms with Gasteiger partial charge >= 0.3 is 0 Å². The van der Waals surface area contributed by atoms with Crippen LogP contribution in [0.3, 0.4) is 0 Å². The highest BCUT2D eigenvalue weighted by molar-refractivity contribution is 7.92. The van der Waals surface area contributed by atoms with E-state index in [9.17, 15) is 4.21 Å². The smallest absolute Gasteiger partial charge is 0.102 e. The maximum atomic E-state index is 13.2. The lowest BCUT2D eigenvalue weighted by Crippen LogP contribution is -2.06. The van der Waals surface area contributed by atoms with Crippen molar-refractivity contribution in [3.8, 4) is 0 Å². The van der Waals surface area contributed by atoms with Gasteiger partial charge in [-0.05, 0) is 36.1 Å². The molecule has 0 spiro atoms. The molecule has 0 unspecified atom stereocenters. The molecule has 2 nitrogen and oxygen atoms in total. The first-order chi connectivity index (χ1) is 10.1. The van der Waals surface area contributed by atoms with Crippen LogP contribution in [-0.4, -0.2) is 4.21 Å². The molecule has 0 heterocycles. The highest BCUT2D eigenvalue weighted by Gasteiger charge is 2.19. The SMILES string of the molecule is C=CCc1ccccc1S(=N)(=O)c1ccccc1CC=C. The van der Waals surface area contributed by atoms with Crippen molar-refractivity contribution in [1.29, 1.82) is 4.78 Å². The van der Waals surface area contributed by atoms with E-state index in [4.69, 9.17) is 4.78 Å². The van der Waals surface area contributed by atoms with E-state index in [-0.39, 0.29) is 0 Å². The number of benzene rings is 2. The average Bonchev–Trinajstić information content (AvgIpc) is 2.49. The summed E-state index contributed by atoms with van der Waals surface area (Å²) >= 11 is 0. The molecule has 0 saturated heterocycles. The van der Waals surface area contributed by atoms with Gasteiger partial charge in [0.05, 0.1) is 9.79 Å². The Morgan fingerprint density at radius 1 is 0.857 bits per heavy atom. The molecule has 21 heavy (non-hydrogen) atoms. The number of hydrogen-bond donors (Lipinski definition) is 1. The van der Waals surface area contributed by atoms with Gasteiger partial charge in [-0.15, -0.1) is 13.2 Å². The third-order valence-electron chi connectivity index (χ3n) is 3.29. The summed E-state index contributed by atoms with van der Waals surface area (Å²) < 4.78 is 21.7. The van der Waals surface area contributed by atoms with E-state index in [1.165, 1.54) is 0 Å². The molecule has 108 valence electrons. The molecular formula is C18H19NOS. The highest BCUT2D eigenvalue weighted by atomic mass is 32.2. The maximum Gasteiger partial charge on any atom is 0.102 e. The number of nitrogens with one attached hydrogen (secondary N) is 1. The molecule has 0 atom stereocenters. The second kappa shape index (κ2) is 6.55. The summed E-state index contributed by atoms with van der Waals surface area (Å²) in [5.74, 6) is 0. The van der Waals surface area contributed by atoms with Crippen molar-refractivity contribution >= 4 is 9.73 Å². The van der Waals surface area contributed by atoms with Crippen molar-refractivity contribution in [1.82, 2.24) is 0 Å². The van der Waals surface area contributed by atoms with Crippen molar-refractivity contribution in [3.05, 3.63) is 85.0 Å². The van der Waals surface area contributed by atoms with Crippen LogP contribution in [0.15, 0.2) is 83.6 Å². The average molecular weight is 297 g/mol. The Labute approximate surface area is 126 Å². The zero-order valence-electron chi connectivity index (χ0n) is 11.9. The minimum absolute atomic E-state index is 0.571. The molecule has 0 amide bonds. The fourth-order valence-electron chi connectivity index (χ4n) is 2.34. The van der Waals surface area contributed by atoms with Gasteiger partial charge in [0, 0.05) is 0 Å². The summed E-state index contributed by atoms with van der Waals surface area (Å²) in [7, 11) is -3.04. The van der Waals surface area contributed by atoms with Crippen LogP contribution in [0.4, 0.5) is 0 Å². The van der Waals surface area contributed by atoms with E-state index in [1.54, 1.807) is 24.3 Å². The van der Waals surface area contributed by atoms with Crippen LogP contribution in [0, 0.1) is 4.78 Å². The third-order valence-corrected chi connectivity index (χ3v) is 5.33. The van der Waals surface area contributed by atoms with Crippen LogP contribution in [0.25, 0.3) is 0 Å². The second-order valence-electron chi connectivity index (χ2n) is 4.76.